The average Bonchev–Trinajstić information content (AvgIpc) is 2.49. The Morgan fingerprint density at radius 3 is 2.35 bits per heavy atom. The molecule has 2 heteroatoms. The Kier molecular flexibility index (Phi) is 4.89. The first-order valence-corrected chi connectivity index (χ1v) is 6.54. The molecule has 20 heavy (non-hydrogen) atoms. The summed E-state index contributed by atoms with van der Waals surface area (Å²) in [7, 11) is 0. The molecule has 0 saturated heterocycles. The number of nitrogens with zero attached hydrogens (tertiary/aromatic N) is 2. The fourth-order valence-corrected chi connectivity index (χ4v) is 1.89. The lowest BCUT2D eigenvalue weighted by Gasteiger charge is -2.06. The first kappa shape index (κ1) is 13.8. The molecular formula is C18H16N2. The van der Waals surface area contributed by atoms with Crippen LogP contribution in [0.15, 0.2) is 64.6 Å². The summed E-state index contributed by atoms with van der Waals surface area (Å²) >= 11 is 0. The first-order chi connectivity index (χ1) is 9.81. The molecule has 0 aromatic heterocycles. The minimum atomic E-state index is 0.151. The molecule has 1 unspecified atom stereocenters. The van der Waals surface area contributed by atoms with Gasteiger partial charge in [-0.1, -0.05) is 42.3 Å². The summed E-state index contributed by atoms with van der Waals surface area (Å²) in [6.45, 7) is 3.92. The van der Waals surface area contributed by atoms with Gasteiger partial charge in [0.15, 0.2) is 0 Å². The van der Waals surface area contributed by atoms with Crippen LogP contribution in [0.3, 0.4) is 0 Å². The molecule has 1 atom stereocenters. The van der Waals surface area contributed by atoms with Crippen molar-refractivity contribution in [2.45, 2.75) is 19.8 Å². The van der Waals surface area contributed by atoms with Gasteiger partial charge in [-0.3, -0.25) is 0 Å². The van der Waals surface area contributed by atoms with Crippen molar-refractivity contribution >= 4 is 17.4 Å². The molecule has 0 fully saturated rings. The quantitative estimate of drug-likeness (QED) is 0.551. The maximum absolute atomic E-state index is 4.32. The van der Waals surface area contributed by atoms with E-state index in [9.17, 15) is 0 Å². The summed E-state index contributed by atoms with van der Waals surface area (Å²) in [5.41, 5.74) is 2.80. The zero-order chi connectivity index (χ0) is 14.2. The van der Waals surface area contributed by atoms with Crippen LogP contribution in [0.2, 0.25) is 0 Å². The Hall–Kier alpha value is -2.62. The van der Waals surface area contributed by atoms with E-state index in [2.05, 4.69) is 34.8 Å². The van der Waals surface area contributed by atoms with Crippen LogP contribution in [0.25, 0.3) is 0 Å². The Balaban J connectivity index is 2.29. The van der Waals surface area contributed by atoms with Crippen molar-refractivity contribution in [2.24, 2.45) is 9.98 Å². The van der Waals surface area contributed by atoms with E-state index >= 15 is 0 Å². The predicted octanol–water partition coefficient (Wildman–Crippen LogP) is 4.95. The standard InChI is InChI=1S/C18H16N2/c1-3-9-15(2)17-12-7-8-13-18(17)20-14-19-16-10-5-4-6-11-16/h4-8,10-13,15H,1-2H3. The fourth-order valence-electron chi connectivity index (χ4n) is 1.89. The van der Waals surface area contributed by atoms with E-state index in [0.717, 1.165) is 16.9 Å². The summed E-state index contributed by atoms with van der Waals surface area (Å²) in [6.07, 6.45) is 0. The largest absolute Gasteiger partial charge is 0.188 e. The average molecular weight is 260 g/mol. The van der Waals surface area contributed by atoms with Gasteiger partial charge in [-0.2, -0.15) is 9.98 Å². The van der Waals surface area contributed by atoms with Crippen molar-refractivity contribution in [3.8, 4) is 11.8 Å². The molecule has 2 aromatic rings. The third-order valence-electron chi connectivity index (χ3n) is 2.87. The maximum Gasteiger partial charge on any atom is 0.100 e. The van der Waals surface area contributed by atoms with Crippen LogP contribution in [-0.2, 0) is 0 Å². The molecule has 0 heterocycles. The van der Waals surface area contributed by atoms with Crippen LogP contribution < -0.4 is 0 Å². The Morgan fingerprint density at radius 1 is 0.900 bits per heavy atom. The minimum absolute atomic E-state index is 0.151. The molecule has 0 aliphatic heterocycles. The fraction of sp³-hybridized carbons (Fsp3) is 0.167. The summed E-state index contributed by atoms with van der Waals surface area (Å²) in [6, 6.07) is 20.4. The topological polar surface area (TPSA) is 24.7 Å². The number of rotatable bonds is 3. The molecule has 0 spiro atoms. The monoisotopic (exact) mass is 260 g/mol. The van der Waals surface area contributed by atoms with Crippen molar-refractivity contribution in [3.63, 3.8) is 0 Å². The predicted molar refractivity (Wildman–Crippen MR) is 83.9 cm³/mol. The molecule has 0 aliphatic carbocycles. The van der Waals surface area contributed by atoms with Crippen molar-refractivity contribution in [3.05, 3.63) is 60.2 Å². The summed E-state index contributed by atoms with van der Waals surface area (Å²) < 4.78 is 0. The lowest BCUT2D eigenvalue weighted by Crippen LogP contribution is -1.89. The van der Waals surface area contributed by atoms with Gasteiger partial charge < -0.3 is 0 Å². The molecule has 2 rings (SSSR count). The third kappa shape index (κ3) is 3.68. The smallest absolute Gasteiger partial charge is 0.100 e. The molecule has 0 aliphatic rings. The second-order valence-corrected chi connectivity index (χ2v) is 4.33. The van der Waals surface area contributed by atoms with E-state index < -0.39 is 0 Å². The summed E-state index contributed by atoms with van der Waals surface area (Å²) in [5.74, 6) is 6.23. The number of benzene rings is 2. The lowest BCUT2D eigenvalue weighted by molar-refractivity contribution is 1.00. The van der Waals surface area contributed by atoms with Gasteiger partial charge in [0.25, 0.3) is 0 Å². The third-order valence-corrected chi connectivity index (χ3v) is 2.87. The van der Waals surface area contributed by atoms with Gasteiger partial charge in [0, 0.05) is 5.92 Å². The van der Waals surface area contributed by atoms with E-state index in [1.807, 2.05) is 61.5 Å². The SMILES string of the molecule is CC#CC(C)c1ccccc1N=C=Nc1ccccc1. The van der Waals surface area contributed by atoms with E-state index in [0.29, 0.717) is 0 Å². The van der Waals surface area contributed by atoms with Gasteiger partial charge in [-0.25, -0.2) is 0 Å². The first-order valence-electron chi connectivity index (χ1n) is 6.54. The number of hydrogen-bond donors (Lipinski definition) is 0. The van der Waals surface area contributed by atoms with Crippen LogP contribution in [0.4, 0.5) is 11.4 Å². The van der Waals surface area contributed by atoms with Gasteiger partial charge in [0.05, 0.1) is 11.4 Å². The molecule has 0 bridgehead atoms. The van der Waals surface area contributed by atoms with Crippen molar-refractivity contribution in [1.29, 1.82) is 0 Å². The van der Waals surface area contributed by atoms with Crippen molar-refractivity contribution in [1.82, 2.24) is 0 Å². The second kappa shape index (κ2) is 7.09. The van der Waals surface area contributed by atoms with E-state index in [1.165, 1.54) is 0 Å². The summed E-state index contributed by atoms with van der Waals surface area (Å²) in [4.78, 5) is 8.52. The normalized spacial score (nSPS) is 10.7. The highest BCUT2D eigenvalue weighted by Crippen LogP contribution is 2.25. The van der Waals surface area contributed by atoms with Crippen LogP contribution in [-0.4, -0.2) is 6.01 Å². The number of para-hydroxylation sites is 2. The molecular weight excluding hydrogens is 244 g/mol. The van der Waals surface area contributed by atoms with Gasteiger partial charge in [-0.15, -0.1) is 5.92 Å². The Labute approximate surface area is 119 Å². The lowest BCUT2D eigenvalue weighted by atomic mass is 10.00. The maximum atomic E-state index is 4.32. The highest BCUT2D eigenvalue weighted by molar-refractivity contribution is 5.60. The van der Waals surface area contributed by atoms with Crippen molar-refractivity contribution in [2.75, 3.05) is 0 Å². The zero-order valence-electron chi connectivity index (χ0n) is 11.7. The van der Waals surface area contributed by atoms with E-state index in [-0.39, 0.29) is 5.92 Å². The van der Waals surface area contributed by atoms with Crippen molar-refractivity contribution < 1.29 is 0 Å². The summed E-state index contributed by atoms with van der Waals surface area (Å²) in [5, 5.41) is 0. The highest BCUT2D eigenvalue weighted by atomic mass is 14.8. The molecule has 0 N–H and O–H groups in total. The second-order valence-electron chi connectivity index (χ2n) is 4.33. The van der Waals surface area contributed by atoms with Crippen LogP contribution in [0.5, 0.6) is 0 Å². The van der Waals surface area contributed by atoms with Gasteiger partial charge in [0.1, 0.15) is 6.01 Å². The van der Waals surface area contributed by atoms with Gasteiger partial charge in [0.2, 0.25) is 0 Å². The number of aliphatic imine (C=N–C) groups is 2. The Bertz CT molecular complexity index is 684. The zero-order valence-corrected chi connectivity index (χ0v) is 11.7. The van der Waals surface area contributed by atoms with Gasteiger partial charge in [-0.05, 0) is 37.6 Å². The van der Waals surface area contributed by atoms with Crippen LogP contribution in [0.1, 0.15) is 25.3 Å². The van der Waals surface area contributed by atoms with E-state index in [1.54, 1.807) is 0 Å². The molecule has 0 radical (unpaired) electrons. The molecule has 2 aromatic carbocycles. The van der Waals surface area contributed by atoms with Crippen LogP contribution in [0, 0.1) is 11.8 Å². The molecule has 0 amide bonds. The van der Waals surface area contributed by atoms with Gasteiger partial charge >= 0.3 is 0 Å². The minimum Gasteiger partial charge on any atom is -0.188 e. The van der Waals surface area contributed by atoms with Crippen LogP contribution >= 0.6 is 0 Å². The molecule has 2 nitrogen and oxygen atoms in total. The Morgan fingerprint density at radius 2 is 1.60 bits per heavy atom. The molecule has 0 saturated carbocycles. The van der Waals surface area contributed by atoms with E-state index in [4.69, 9.17) is 0 Å². The molecule has 98 valence electrons. The number of hydrogen-bond acceptors (Lipinski definition) is 2. The highest BCUT2D eigenvalue weighted by Gasteiger charge is 2.06.